The van der Waals surface area contributed by atoms with Crippen molar-refractivity contribution in [1.82, 2.24) is 4.90 Å². The molecule has 0 radical (unpaired) electrons. The van der Waals surface area contributed by atoms with Gasteiger partial charge in [0.1, 0.15) is 11.4 Å². The molecule has 2 amide bonds. The summed E-state index contributed by atoms with van der Waals surface area (Å²) in [5.74, 6) is 1.38. The van der Waals surface area contributed by atoms with Gasteiger partial charge in [0, 0.05) is 31.6 Å². The van der Waals surface area contributed by atoms with E-state index in [4.69, 9.17) is 9.47 Å². The highest BCUT2D eigenvalue weighted by atomic mass is 16.6. The SMILES string of the molecule is CCCOc1c(C2CCN(C(=O)OC(C)(C)C)CC2)ccc2c1CCC(C)N2C(C)=O. The van der Waals surface area contributed by atoms with Gasteiger partial charge < -0.3 is 19.3 Å². The van der Waals surface area contributed by atoms with E-state index in [1.165, 1.54) is 5.56 Å². The Morgan fingerprint density at radius 1 is 1.13 bits per heavy atom. The first-order valence-corrected chi connectivity index (χ1v) is 11.7. The molecular formula is C25H38N2O4. The van der Waals surface area contributed by atoms with Crippen molar-refractivity contribution in [3.63, 3.8) is 0 Å². The molecular weight excluding hydrogens is 392 g/mol. The van der Waals surface area contributed by atoms with E-state index in [1.807, 2.05) is 30.6 Å². The first-order chi connectivity index (χ1) is 14.6. The second-order valence-corrected chi connectivity index (χ2v) is 9.85. The molecule has 1 aromatic rings. The molecule has 0 aromatic heterocycles. The van der Waals surface area contributed by atoms with Crippen molar-refractivity contribution in [3.8, 4) is 5.75 Å². The summed E-state index contributed by atoms with van der Waals surface area (Å²) in [6, 6.07) is 4.44. The smallest absolute Gasteiger partial charge is 0.410 e. The van der Waals surface area contributed by atoms with Crippen LogP contribution in [-0.2, 0) is 16.0 Å². The van der Waals surface area contributed by atoms with Gasteiger partial charge in [-0.05, 0) is 77.3 Å². The van der Waals surface area contributed by atoms with Crippen molar-refractivity contribution in [2.75, 3.05) is 24.6 Å². The number of hydrogen-bond donors (Lipinski definition) is 0. The summed E-state index contributed by atoms with van der Waals surface area (Å²) < 4.78 is 11.8. The molecule has 1 unspecified atom stereocenters. The second-order valence-electron chi connectivity index (χ2n) is 9.85. The van der Waals surface area contributed by atoms with E-state index in [9.17, 15) is 9.59 Å². The number of carbonyl (C=O) groups is 2. The molecule has 2 aliphatic heterocycles. The fourth-order valence-electron chi connectivity index (χ4n) is 4.70. The quantitative estimate of drug-likeness (QED) is 0.652. The molecule has 0 aliphatic carbocycles. The van der Waals surface area contributed by atoms with Crippen LogP contribution in [0.4, 0.5) is 10.5 Å². The molecule has 3 rings (SSSR count). The Balaban J connectivity index is 1.84. The van der Waals surface area contributed by atoms with E-state index in [0.717, 1.165) is 49.1 Å². The van der Waals surface area contributed by atoms with Crippen LogP contribution < -0.4 is 9.64 Å². The van der Waals surface area contributed by atoms with Crippen LogP contribution in [-0.4, -0.2) is 48.2 Å². The van der Waals surface area contributed by atoms with Crippen molar-refractivity contribution < 1.29 is 19.1 Å². The average Bonchev–Trinajstić information content (AvgIpc) is 2.70. The molecule has 0 bridgehead atoms. The lowest BCUT2D eigenvalue weighted by molar-refractivity contribution is -0.117. The fourth-order valence-corrected chi connectivity index (χ4v) is 4.70. The van der Waals surface area contributed by atoms with Crippen LogP contribution in [0.15, 0.2) is 12.1 Å². The molecule has 1 saturated heterocycles. The van der Waals surface area contributed by atoms with Gasteiger partial charge in [0.15, 0.2) is 0 Å². The lowest BCUT2D eigenvalue weighted by atomic mass is 9.85. The Kier molecular flexibility index (Phi) is 7.17. The molecule has 6 heteroatoms. The van der Waals surface area contributed by atoms with Crippen LogP contribution in [0, 0.1) is 0 Å². The van der Waals surface area contributed by atoms with E-state index in [0.29, 0.717) is 25.6 Å². The maximum atomic E-state index is 12.4. The molecule has 6 nitrogen and oxygen atoms in total. The van der Waals surface area contributed by atoms with E-state index >= 15 is 0 Å². The Morgan fingerprint density at radius 2 is 1.81 bits per heavy atom. The third kappa shape index (κ3) is 5.34. The molecule has 2 aliphatic rings. The average molecular weight is 431 g/mol. The number of carbonyl (C=O) groups excluding carboxylic acids is 2. The van der Waals surface area contributed by atoms with E-state index < -0.39 is 5.60 Å². The number of benzene rings is 1. The third-order valence-electron chi connectivity index (χ3n) is 6.15. The van der Waals surface area contributed by atoms with E-state index in [1.54, 1.807) is 6.92 Å². The summed E-state index contributed by atoms with van der Waals surface area (Å²) in [6.07, 6.45) is 4.33. The van der Waals surface area contributed by atoms with Gasteiger partial charge in [-0.2, -0.15) is 0 Å². The molecule has 172 valence electrons. The summed E-state index contributed by atoms with van der Waals surface area (Å²) in [5, 5.41) is 0. The lowest BCUT2D eigenvalue weighted by Gasteiger charge is -2.38. The zero-order valence-corrected chi connectivity index (χ0v) is 20.0. The van der Waals surface area contributed by atoms with Crippen LogP contribution in [0.25, 0.3) is 0 Å². The molecule has 2 heterocycles. The highest BCUT2D eigenvalue weighted by Crippen LogP contribution is 2.44. The van der Waals surface area contributed by atoms with Gasteiger partial charge in [0.05, 0.1) is 12.3 Å². The number of rotatable bonds is 4. The minimum atomic E-state index is -0.479. The summed E-state index contributed by atoms with van der Waals surface area (Å²) in [5.41, 5.74) is 2.89. The molecule has 1 fully saturated rings. The van der Waals surface area contributed by atoms with Crippen molar-refractivity contribution in [1.29, 1.82) is 0 Å². The van der Waals surface area contributed by atoms with E-state index in [-0.39, 0.29) is 18.0 Å². The number of likely N-dealkylation sites (tertiary alicyclic amines) is 1. The maximum absolute atomic E-state index is 12.4. The van der Waals surface area contributed by atoms with Gasteiger partial charge >= 0.3 is 6.09 Å². The number of anilines is 1. The number of fused-ring (bicyclic) bond motifs is 1. The van der Waals surface area contributed by atoms with Crippen LogP contribution in [0.1, 0.15) is 84.3 Å². The van der Waals surface area contributed by atoms with Gasteiger partial charge in [-0.3, -0.25) is 4.79 Å². The fraction of sp³-hybridized carbons (Fsp3) is 0.680. The third-order valence-corrected chi connectivity index (χ3v) is 6.15. The Labute approximate surface area is 186 Å². The summed E-state index contributed by atoms with van der Waals surface area (Å²) >= 11 is 0. The van der Waals surface area contributed by atoms with Crippen molar-refractivity contribution in [2.24, 2.45) is 0 Å². The van der Waals surface area contributed by atoms with Gasteiger partial charge in [-0.15, -0.1) is 0 Å². The largest absolute Gasteiger partial charge is 0.493 e. The van der Waals surface area contributed by atoms with Crippen LogP contribution in [0.3, 0.4) is 0 Å². The summed E-state index contributed by atoms with van der Waals surface area (Å²) in [6.45, 7) is 13.6. The lowest BCUT2D eigenvalue weighted by Crippen LogP contribution is -2.42. The van der Waals surface area contributed by atoms with Crippen molar-refractivity contribution in [3.05, 3.63) is 23.3 Å². The Hall–Kier alpha value is -2.24. The van der Waals surface area contributed by atoms with Crippen LogP contribution in [0.2, 0.25) is 0 Å². The van der Waals surface area contributed by atoms with Crippen molar-refractivity contribution >= 4 is 17.7 Å². The van der Waals surface area contributed by atoms with Crippen LogP contribution >= 0.6 is 0 Å². The van der Waals surface area contributed by atoms with E-state index in [2.05, 4.69) is 26.0 Å². The second kappa shape index (κ2) is 9.49. The number of amides is 2. The molecule has 0 N–H and O–H groups in total. The zero-order valence-electron chi connectivity index (χ0n) is 20.0. The summed E-state index contributed by atoms with van der Waals surface area (Å²) in [7, 11) is 0. The molecule has 1 aromatic carbocycles. The van der Waals surface area contributed by atoms with Crippen molar-refractivity contribution in [2.45, 2.75) is 91.2 Å². The van der Waals surface area contributed by atoms with Gasteiger partial charge in [-0.1, -0.05) is 13.0 Å². The summed E-state index contributed by atoms with van der Waals surface area (Å²) in [4.78, 5) is 28.5. The van der Waals surface area contributed by atoms with Gasteiger partial charge in [-0.25, -0.2) is 4.79 Å². The normalized spacial score (nSPS) is 19.7. The monoisotopic (exact) mass is 430 g/mol. The topological polar surface area (TPSA) is 59.1 Å². The first kappa shape index (κ1) is 23.4. The number of hydrogen-bond acceptors (Lipinski definition) is 4. The minimum Gasteiger partial charge on any atom is -0.493 e. The number of ether oxygens (including phenoxy) is 2. The molecule has 31 heavy (non-hydrogen) atoms. The highest BCUT2D eigenvalue weighted by Gasteiger charge is 2.33. The minimum absolute atomic E-state index is 0.0771. The molecule has 0 spiro atoms. The first-order valence-electron chi connectivity index (χ1n) is 11.7. The van der Waals surface area contributed by atoms with Gasteiger partial charge in [0.2, 0.25) is 5.91 Å². The Morgan fingerprint density at radius 3 is 2.39 bits per heavy atom. The van der Waals surface area contributed by atoms with Gasteiger partial charge in [0.25, 0.3) is 0 Å². The zero-order chi connectivity index (χ0) is 22.8. The standard InChI is InChI=1S/C25H38N2O4/c1-7-16-30-23-20(10-11-22-21(23)9-8-17(2)27(22)18(3)28)19-12-14-26(15-13-19)24(29)31-25(4,5)6/h10-11,17,19H,7-9,12-16H2,1-6H3. The predicted molar refractivity (Wildman–Crippen MR) is 123 cm³/mol. The van der Waals surface area contributed by atoms with Crippen LogP contribution in [0.5, 0.6) is 5.75 Å². The Bertz CT molecular complexity index is 806. The maximum Gasteiger partial charge on any atom is 0.410 e. The number of piperidine rings is 1. The molecule has 1 atom stereocenters. The number of nitrogens with zero attached hydrogens (tertiary/aromatic N) is 2. The highest BCUT2D eigenvalue weighted by molar-refractivity contribution is 5.94. The predicted octanol–water partition coefficient (Wildman–Crippen LogP) is 5.28. The molecule has 0 saturated carbocycles.